The maximum absolute atomic E-state index is 10.00. The minimum Gasteiger partial charge on any atom is 2.00 e. The molecular formula is C85H86Cl3N6O5Ti5. The van der Waals surface area contributed by atoms with Crippen LogP contribution in [-0.2, 0) is 102 Å². The standard InChI is InChI=1S/2C17H13NO.C16H12N2O.C14H13NO.C13H11NO.8CH3.3ClH.5Ti/c19-17-11-4-2-7-14(17)12-18-16-10-5-8-13-6-1-3-9-15(13)16;19-17-11-10-13-6-4-5-9-15(13)16(17)12-18-14-7-2-1-3-8-14;19-15-9-2-1-5-13(15)11-18-14-8-3-6-12-7-4-10-17-16(12)14;1-11-6-2-4-8-13(11)15-10-12-7-3-5-9-14(12)16;15-13-9-5-4-6-11(13)10-14-12-7-2-1-3-8-12;;;;;;;;;;;;;;;;/h2*1-12,19H;1-11,19H;2-10,16H,1H3;1-10,15H;8*1H3;3*1H;;;;;/q;;;;;8*-1;;;;4*+2;+3/p-3. The van der Waals surface area contributed by atoms with E-state index in [0.717, 1.165) is 88.7 Å². The summed E-state index contributed by atoms with van der Waals surface area (Å²) in [5.41, 5.74) is 9.95. The molecule has 1 heterocycles. The number of para-hydroxylation sites is 8. The van der Waals surface area contributed by atoms with Gasteiger partial charge < -0.3 is 84.9 Å². The van der Waals surface area contributed by atoms with Crippen molar-refractivity contribution in [1.29, 1.82) is 0 Å². The normalized spacial score (nSPS) is 9.58. The fourth-order valence-electron chi connectivity index (χ4n) is 8.76. The van der Waals surface area contributed by atoms with Crippen LogP contribution in [0.25, 0.3) is 32.4 Å². The molecule has 5 N–H and O–H groups in total. The Balaban J connectivity index is -0.000000378. The first-order chi connectivity index (χ1) is 44.9. The molecule has 0 radical (unpaired) electrons. The van der Waals surface area contributed by atoms with E-state index in [9.17, 15) is 25.5 Å². The SMILES string of the molecule is Cc1ccccc1N=Cc1ccccc1O.Oc1ccc2ccccc2c1C=Nc1ccccc1.Oc1ccccc1C=Nc1cccc2ccccc12.Oc1ccccc1C=Nc1cccc2cccnc12.Oc1ccccc1C=Nc1ccccc1.[CH3-].[CH3-].[CH3-].[CH3-].[CH3-].[CH3-].[CH3-].[CH3-].[Cl][Ti]([Cl])[Cl].[Ti+2].[Ti+2].[Ti+2].[Ti+2]. The fraction of sp³-hybridized carbons (Fsp3) is 0.0118. The van der Waals surface area contributed by atoms with E-state index in [1.165, 1.54) is 0 Å². The van der Waals surface area contributed by atoms with Crippen LogP contribution in [0.1, 0.15) is 33.4 Å². The summed E-state index contributed by atoms with van der Waals surface area (Å²) in [5, 5.41) is 53.9. The molecule has 0 aliphatic heterocycles. The molecule has 0 atom stereocenters. The van der Waals surface area contributed by atoms with Gasteiger partial charge in [-0.2, -0.15) is 0 Å². The van der Waals surface area contributed by atoms with E-state index >= 15 is 0 Å². The molecule has 0 amide bonds. The van der Waals surface area contributed by atoms with E-state index < -0.39 is 14.7 Å². The van der Waals surface area contributed by atoms with Crippen LogP contribution in [0, 0.1) is 66.3 Å². The summed E-state index contributed by atoms with van der Waals surface area (Å²) in [6.45, 7) is 2.01. The molecule has 12 aromatic carbocycles. The summed E-state index contributed by atoms with van der Waals surface area (Å²) in [6.07, 6.45) is 10.1. The van der Waals surface area contributed by atoms with Crippen LogP contribution in [0.3, 0.4) is 0 Å². The molecular weight excluding hydrogens is 1530 g/mol. The summed E-state index contributed by atoms with van der Waals surface area (Å²) in [6, 6.07) is 91.2. The first-order valence-corrected chi connectivity index (χ1v) is 35.2. The Bertz CT molecular complexity index is 4460. The molecule has 11 nitrogen and oxygen atoms in total. The van der Waals surface area contributed by atoms with Crippen molar-refractivity contribution in [2.75, 3.05) is 0 Å². The zero-order chi connectivity index (χ0) is 64.7. The Morgan fingerprint density at radius 3 is 1.07 bits per heavy atom. The predicted molar refractivity (Wildman–Crippen MR) is 433 cm³/mol. The molecule has 13 rings (SSSR count). The van der Waals surface area contributed by atoms with Crippen LogP contribution in [0.15, 0.2) is 322 Å². The van der Waals surface area contributed by atoms with Gasteiger partial charge >= 0.3 is 129 Å². The van der Waals surface area contributed by atoms with Gasteiger partial charge in [0.05, 0.1) is 34.0 Å². The topological polar surface area (TPSA) is 176 Å². The maximum Gasteiger partial charge on any atom is 2.00 e. The number of rotatable bonds is 10. The number of hydrogen-bond acceptors (Lipinski definition) is 11. The van der Waals surface area contributed by atoms with Gasteiger partial charge in [0.15, 0.2) is 0 Å². The Morgan fingerprint density at radius 2 is 0.606 bits per heavy atom. The third kappa shape index (κ3) is 34.5. The van der Waals surface area contributed by atoms with Crippen molar-refractivity contribution < 1.29 is 127 Å². The molecule has 0 spiro atoms. The van der Waals surface area contributed by atoms with Crippen molar-refractivity contribution in [2.24, 2.45) is 25.0 Å². The van der Waals surface area contributed by atoms with Crippen LogP contribution in [0.4, 0.5) is 28.4 Å². The van der Waals surface area contributed by atoms with Gasteiger partial charge in [0.25, 0.3) is 0 Å². The van der Waals surface area contributed by atoms with Gasteiger partial charge in [-0.05, 0) is 132 Å². The van der Waals surface area contributed by atoms with Gasteiger partial charge in [-0.15, -0.1) is 0 Å². The zero-order valence-corrected chi connectivity index (χ0v) is 69.8. The van der Waals surface area contributed by atoms with E-state index in [1.54, 1.807) is 91.9 Å². The van der Waals surface area contributed by atoms with Crippen molar-refractivity contribution in [3.05, 3.63) is 390 Å². The Hall–Kier alpha value is -7.64. The molecule has 0 unspecified atom stereocenters. The number of aryl methyl sites for hydroxylation is 1. The molecule has 19 heteroatoms. The van der Waals surface area contributed by atoms with Crippen molar-refractivity contribution in [2.45, 2.75) is 6.92 Å². The molecule has 0 aliphatic carbocycles. The Labute approximate surface area is 695 Å². The molecule has 0 saturated carbocycles. The average molecular weight is 1620 g/mol. The van der Waals surface area contributed by atoms with E-state index in [-0.39, 0.29) is 175 Å². The number of pyridine rings is 1. The maximum atomic E-state index is 10.00. The smallest absolute Gasteiger partial charge is 2.00 e. The number of aromatic hydroxyl groups is 5. The van der Waals surface area contributed by atoms with E-state index in [2.05, 4.69) is 42.1 Å². The quantitative estimate of drug-likeness (QED) is 0.0517. The van der Waals surface area contributed by atoms with E-state index in [1.807, 2.05) is 231 Å². The minimum atomic E-state index is -1.92. The molecule has 0 aliphatic rings. The van der Waals surface area contributed by atoms with Gasteiger partial charge in [-0.1, -0.05) is 188 Å². The molecule has 527 valence electrons. The summed E-state index contributed by atoms with van der Waals surface area (Å²) in [4.78, 5) is 26.2. The second-order valence-electron chi connectivity index (χ2n) is 19.8. The van der Waals surface area contributed by atoms with Crippen molar-refractivity contribution in [3.63, 3.8) is 0 Å². The average Bonchev–Trinajstić information content (AvgIpc) is 0.812. The second-order valence-corrected chi connectivity index (χ2v) is 27.5. The Kier molecular flexibility index (Phi) is 58.2. The molecule has 104 heavy (non-hydrogen) atoms. The van der Waals surface area contributed by atoms with E-state index in [4.69, 9.17) is 27.9 Å². The molecule has 13 aromatic rings. The minimum absolute atomic E-state index is 0. The number of halogens is 3. The summed E-state index contributed by atoms with van der Waals surface area (Å²) in [5.74, 6) is 1.21. The largest absolute Gasteiger partial charge is 2.00 e. The summed E-state index contributed by atoms with van der Waals surface area (Å²) >= 11 is -1.92. The van der Waals surface area contributed by atoms with Crippen molar-refractivity contribution in [1.82, 2.24) is 4.98 Å². The van der Waals surface area contributed by atoms with Crippen molar-refractivity contribution >= 4 is 120 Å². The number of nitrogens with zero attached hydrogens (tertiary/aromatic N) is 6. The summed E-state index contributed by atoms with van der Waals surface area (Å²) < 4.78 is 0. The van der Waals surface area contributed by atoms with Crippen LogP contribution in [-0.4, -0.2) is 61.6 Å². The van der Waals surface area contributed by atoms with Gasteiger partial charge in [0, 0.05) is 75.9 Å². The van der Waals surface area contributed by atoms with Crippen LogP contribution < -0.4 is 0 Å². The fourth-order valence-corrected chi connectivity index (χ4v) is 8.76. The van der Waals surface area contributed by atoms with E-state index in [0.29, 0.717) is 5.56 Å². The first kappa shape index (κ1) is 105. The molecule has 1 aromatic heterocycles. The monoisotopic (exact) mass is 1620 g/mol. The third-order valence-electron chi connectivity index (χ3n) is 13.4. The number of aliphatic imine (C=N–C) groups is 5. The van der Waals surface area contributed by atoms with Gasteiger partial charge in [-0.3, -0.25) is 29.9 Å². The first-order valence-electron chi connectivity index (χ1n) is 28.7. The molecule has 0 saturated heterocycles. The molecule has 0 fully saturated rings. The summed E-state index contributed by atoms with van der Waals surface area (Å²) in [7, 11) is 14.9. The number of phenolic OH excluding ortho intramolecular Hbond substituents is 5. The predicted octanol–water partition coefficient (Wildman–Crippen LogP) is 24.5. The number of fused-ring (bicyclic) bond motifs is 3. The van der Waals surface area contributed by atoms with Gasteiger partial charge in [0.1, 0.15) is 28.7 Å². The molecule has 0 bridgehead atoms. The second kappa shape index (κ2) is 57.7. The van der Waals surface area contributed by atoms with Crippen molar-refractivity contribution in [3.8, 4) is 28.7 Å². The number of phenols is 5. The third-order valence-corrected chi connectivity index (χ3v) is 13.4. The number of aromatic nitrogens is 1. The zero-order valence-electron chi connectivity index (χ0n) is 59.7. The van der Waals surface area contributed by atoms with Gasteiger partial charge in [0.2, 0.25) is 0 Å². The number of benzene rings is 12. The van der Waals surface area contributed by atoms with Crippen LogP contribution in [0.2, 0.25) is 0 Å². The van der Waals surface area contributed by atoms with Gasteiger partial charge in [-0.25, -0.2) is 0 Å². The number of hydrogen-bond donors (Lipinski definition) is 5. The van der Waals surface area contributed by atoms with Crippen LogP contribution in [0.5, 0.6) is 28.7 Å². The Morgan fingerprint density at radius 1 is 0.288 bits per heavy atom. The van der Waals surface area contributed by atoms with Crippen LogP contribution >= 0.6 is 27.9 Å².